The van der Waals surface area contributed by atoms with Crippen LogP contribution in [0.2, 0.25) is 0 Å². The first-order valence-corrected chi connectivity index (χ1v) is 8.40. The largest absolute Gasteiger partial charge is 0.0786 e. The third-order valence-corrected chi connectivity index (χ3v) is 5.15. The Morgan fingerprint density at radius 1 is 0.800 bits per heavy atom. The van der Waals surface area contributed by atoms with E-state index in [1.165, 1.54) is 28.7 Å². The van der Waals surface area contributed by atoms with Gasteiger partial charge in [-0.15, -0.1) is 0 Å². The van der Waals surface area contributed by atoms with E-state index in [9.17, 15) is 0 Å². The van der Waals surface area contributed by atoms with Gasteiger partial charge in [-0.05, 0) is 41.0 Å². The summed E-state index contributed by atoms with van der Waals surface area (Å²) in [6.07, 6.45) is 2.28. The van der Waals surface area contributed by atoms with Gasteiger partial charge in [0.2, 0.25) is 0 Å². The Kier molecular flexibility index (Phi) is 5.42. The van der Waals surface area contributed by atoms with Crippen LogP contribution in [-0.4, -0.2) is 0 Å². The van der Waals surface area contributed by atoms with Crippen molar-refractivity contribution >= 4 is 15.9 Å². The summed E-state index contributed by atoms with van der Waals surface area (Å²) in [5.41, 5.74) is 5.46. The van der Waals surface area contributed by atoms with Crippen molar-refractivity contribution in [3.8, 4) is 0 Å². The smallest absolute Gasteiger partial charge is 0.0644 e. The van der Waals surface area contributed by atoms with Crippen molar-refractivity contribution in [2.75, 3.05) is 0 Å². The van der Waals surface area contributed by atoms with Crippen molar-refractivity contribution in [3.05, 3.63) is 70.8 Å². The quantitative estimate of drug-likeness (QED) is 0.568. The van der Waals surface area contributed by atoms with E-state index in [2.05, 4.69) is 85.2 Å². The fourth-order valence-corrected chi connectivity index (χ4v) is 2.95. The molecule has 2 unspecified atom stereocenters. The molecular weight excluding hydrogens is 308 g/mol. The number of alkyl halides is 1. The fraction of sp³-hybridized carbons (Fsp3) is 0.368. The molecule has 0 saturated heterocycles. The lowest BCUT2D eigenvalue weighted by atomic mass is 9.96. The minimum atomic E-state index is 0.277. The van der Waals surface area contributed by atoms with Crippen LogP contribution in [0.5, 0.6) is 0 Å². The molecule has 0 nitrogen and oxygen atoms in total. The van der Waals surface area contributed by atoms with Crippen LogP contribution < -0.4 is 0 Å². The van der Waals surface area contributed by atoms with E-state index >= 15 is 0 Å². The lowest BCUT2D eigenvalue weighted by molar-refractivity contribution is 0.733. The molecule has 0 aliphatic carbocycles. The standard InChI is InChI=1S/C19H23Br/c1-4-14(3)16-10-12-18(13-11-16)19(20)17-8-6-15(5-2)7-9-17/h6-14,19H,4-5H2,1-3H3. The lowest BCUT2D eigenvalue weighted by Gasteiger charge is -2.14. The lowest BCUT2D eigenvalue weighted by Crippen LogP contribution is -1.96. The zero-order valence-corrected chi connectivity index (χ0v) is 14.2. The highest BCUT2D eigenvalue weighted by Crippen LogP contribution is 2.32. The van der Waals surface area contributed by atoms with Gasteiger partial charge in [0, 0.05) is 0 Å². The minimum Gasteiger partial charge on any atom is -0.0786 e. The van der Waals surface area contributed by atoms with Gasteiger partial charge in [-0.2, -0.15) is 0 Å². The van der Waals surface area contributed by atoms with Crippen LogP contribution in [0.1, 0.15) is 60.2 Å². The summed E-state index contributed by atoms with van der Waals surface area (Å²) in [6.45, 7) is 6.71. The molecule has 106 valence electrons. The molecule has 2 atom stereocenters. The molecule has 0 amide bonds. The number of aryl methyl sites for hydroxylation is 1. The number of benzene rings is 2. The summed E-state index contributed by atoms with van der Waals surface area (Å²) < 4.78 is 0. The summed E-state index contributed by atoms with van der Waals surface area (Å²) in [5, 5.41) is 0. The van der Waals surface area contributed by atoms with Gasteiger partial charge in [0.05, 0.1) is 4.83 Å². The molecule has 0 aliphatic rings. The second kappa shape index (κ2) is 7.08. The van der Waals surface area contributed by atoms with Gasteiger partial charge in [0.25, 0.3) is 0 Å². The summed E-state index contributed by atoms with van der Waals surface area (Å²) in [6, 6.07) is 17.9. The highest BCUT2D eigenvalue weighted by atomic mass is 79.9. The average Bonchev–Trinajstić information content (AvgIpc) is 2.53. The first kappa shape index (κ1) is 15.3. The molecule has 0 saturated carbocycles. The normalized spacial score (nSPS) is 14.0. The van der Waals surface area contributed by atoms with E-state index < -0.39 is 0 Å². The number of rotatable bonds is 5. The predicted molar refractivity (Wildman–Crippen MR) is 91.7 cm³/mol. The summed E-state index contributed by atoms with van der Waals surface area (Å²) in [5.74, 6) is 0.640. The van der Waals surface area contributed by atoms with Crippen LogP contribution in [0.25, 0.3) is 0 Å². The van der Waals surface area contributed by atoms with Gasteiger partial charge in [0.1, 0.15) is 0 Å². The third-order valence-electron chi connectivity index (χ3n) is 4.09. The van der Waals surface area contributed by atoms with Gasteiger partial charge < -0.3 is 0 Å². The van der Waals surface area contributed by atoms with Gasteiger partial charge in [-0.3, -0.25) is 0 Å². The molecule has 0 N–H and O–H groups in total. The van der Waals surface area contributed by atoms with Crippen molar-refractivity contribution in [1.29, 1.82) is 0 Å². The number of hydrogen-bond donors (Lipinski definition) is 0. The molecule has 2 rings (SSSR count). The van der Waals surface area contributed by atoms with Crippen LogP contribution >= 0.6 is 15.9 Å². The van der Waals surface area contributed by atoms with E-state index in [0.717, 1.165) is 6.42 Å². The Morgan fingerprint density at radius 3 is 1.70 bits per heavy atom. The zero-order valence-electron chi connectivity index (χ0n) is 12.6. The Morgan fingerprint density at radius 2 is 1.25 bits per heavy atom. The molecule has 1 heteroatoms. The van der Waals surface area contributed by atoms with Gasteiger partial charge in [-0.1, -0.05) is 85.2 Å². The molecule has 0 spiro atoms. The first-order chi connectivity index (χ1) is 9.65. The third kappa shape index (κ3) is 3.52. The minimum absolute atomic E-state index is 0.277. The Bertz CT molecular complexity index is 525. The maximum Gasteiger partial charge on any atom is 0.0644 e. The molecule has 0 aromatic heterocycles. The van der Waals surface area contributed by atoms with E-state index in [4.69, 9.17) is 0 Å². The first-order valence-electron chi connectivity index (χ1n) is 7.48. The molecule has 0 fully saturated rings. The summed E-state index contributed by atoms with van der Waals surface area (Å²) >= 11 is 3.82. The van der Waals surface area contributed by atoms with Crippen LogP contribution in [0.3, 0.4) is 0 Å². The SMILES string of the molecule is CCc1ccc(C(Br)c2ccc(C(C)CC)cc2)cc1. The molecule has 2 aromatic rings. The van der Waals surface area contributed by atoms with E-state index in [0.29, 0.717) is 5.92 Å². The van der Waals surface area contributed by atoms with E-state index in [1.807, 2.05) is 0 Å². The zero-order chi connectivity index (χ0) is 14.5. The van der Waals surface area contributed by atoms with Crippen molar-refractivity contribution < 1.29 is 0 Å². The van der Waals surface area contributed by atoms with Gasteiger partial charge in [0.15, 0.2) is 0 Å². The predicted octanol–water partition coefficient (Wildman–Crippen LogP) is 6.25. The van der Waals surface area contributed by atoms with Gasteiger partial charge >= 0.3 is 0 Å². The highest BCUT2D eigenvalue weighted by molar-refractivity contribution is 9.09. The molecule has 20 heavy (non-hydrogen) atoms. The van der Waals surface area contributed by atoms with Crippen molar-refractivity contribution in [2.45, 2.75) is 44.4 Å². The second-order valence-electron chi connectivity index (χ2n) is 5.43. The molecule has 0 heterocycles. The molecule has 0 bridgehead atoms. The van der Waals surface area contributed by atoms with E-state index in [1.54, 1.807) is 0 Å². The summed E-state index contributed by atoms with van der Waals surface area (Å²) in [7, 11) is 0. The van der Waals surface area contributed by atoms with Crippen molar-refractivity contribution in [3.63, 3.8) is 0 Å². The maximum atomic E-state index is 3.82. The van der Waals surface area contributed by atoms with Crippen LogP contribution in [0.15, 0.2) is 48.5 Å². The molecule has 0 aliphatic heterocycles. The summed E-state index contributed by atoms with van der Waals surface area (Å²) in [4.78, 5) is 0.277. The fourth-order valence-electron chi connectivity index (χ4n) is 2.34. The maximum absolute atomic E-state index is 3.82. The van der Waals surface area contributed by atoms with Crippen LogP contribution in [0.4, 0.5) is 0 Å². The number of halogens is 1. The number of hydrogen-bond acceptors (Lipinski definition) is 0. The Balaban J connectivity index is 2.17. The van der Waals surface area contributed by atoms with Gasteiger partial charge in [-0.25, -0.2) is 0 Å². The van der Waals surface area contributed by atoms with Crippen molar-refractivity contribution in [1.82, 2.24) is 0 Å². The van der Waals surface area contributed by atoms with E-state index in [-0.39, 0.29) is 4.83 Å². The molecule has 0 radical (unpaired) electrons. The Hall–Kier alpha value is -1.08. The second-order valence-corrected chi connectivity index (χ2v) is 6.35. The van der Waals surface area contributed by atoms with Crippen LogP contribution in [-0.2, 0) is 6.42 Å². The molecular formula is C19H23Br. The monoisotopic (exact) mass is 330 g/mol. The van der Waals surface area contributed by atoms with Crippen LogP contribution in [0, 0.1) is 0 Å². The van der Waals surface area contributed by atoms with Crippen molar-refractivity contribution in [2.24, 2.45) is 0 Å². The highest BCUT2D eigenvalue weighted by Gasteiger charge is 2.11. The molecule has 2 aromatic carbocycles. The topological polar surface area (TPSA) is 0 Å². The average molecular weight is 331 g/mol. The Labute approximate surface area is 131 Å².